The molecule has 1 heterocycles. The number of fused-ring (bicyclic) bond motifs is 7. The fourth-order valence-corrected chi connectivity index (χ4v) is 12.4. The molecule has 0 radical (unpaired) electrons. The highest BCUT2D eigenvalue weighted by atomic mass is 16.3. The third-order valence-corrected chi connectivity index (χ3v) is 14.7. The largest absolute Gasteiger partial charge is 0.393 e. The van der Waals surface area contributed by atoms with Crippen molar-refractivity contribution in [3.05, 3.63) is 42.2 Å². The summed E-state index contributed by atoms with van der Waals surface area (Å²) in [6, 6.07) is 4.01. The predicted octanol–water partition coefficient (Wildman–Crippen LogP) is 7.72. The number of nitrogens with one attached hydrogen (secondary N) is 1. The molecule has 0 aliphatic heterocycles. The van der Waals surface area contributed by atoms with Crippen LogP contribution in [0.3, 0.4) is 0 Å². The van der Waals surface area contributed by atoms with Gasteiger partial charge in [-0.25, -0.2) is 0 Å². The van der Waals surface area contributed by atoms with Gasteiger partial charge >= 0.3 is 0 Å². The quantitative estimate of drug-likeness (QED) is 0.380. The van der Waals surface area contributed by atoms with Gasteiger partial charge in [0, 0.05) is 18.9 Å². The molecular formula is C36H54N2O2. The number of carbonyl (C=O) groups is 1. The molecule has 1 amide bonds. The van der Waals surface area contributed by atoms with Crippen LogP contribution in [0.1, 0.15) is 111 Å². The van der Waals surface area contributed by atoms with E-state index < -0.39 is 0 Å². The van der Waals surface area contributed by atoms with Crippen LogP contribution in [-0.4, -0.2) is 22.1 Å². The molecule has 4 nitrogen and oxygen atoms in total. The van der Waals surface area contributed by atoms with Crippen molar-refractivity contribution in [2.24, 2.45) is 56.7 Å². The average molecular weight is 547 g/mol. The van der Waals surface area contributed by atoms with Crippen LogP contribution in [0.4, 0.5) is 0 Å². The fraction of sp³-hybridized carbons (Fsp3) is 0.778. The third-order valence-electron chi connectivity index (χ3n) is 14.7. The summed E-state index contributed by atoms with van der Waals surface area (Å²) in [5.41, 5.74) is 2.88. The smallest absolute Gasteiger partial charge is 0.226 e. The van der Waals surface area contributed by atoms with Gasteiger partial charge in [-0.15, -0.1) is 0 Å². The van der Waals surface area contributed by atoms with Gasteiger partial charge in [-0.3, -0.25) is 9.78 Å². The summed E-state index contributed by atoms with van der Waals surface area (Å²) >= 11 is 0. The number of amides is 1. The molecule has 0 saturated heterocycles. The van der Waals surface area contributed by atoms with Crippen LogP contribution in [0, 0.1) is 56.7 Å². The van der Waals surface area contributed by atoms with Crippen molar-refractivity contribution in [3.8, 4) is 0 Å². The summed E-state index contributed by atoms with van der Waals surface area (Å²) in [4.78, 5) is 18.4. The molecule has 1 aromatic heterocycles. The molecule has 5 aliphatic carbocycles. The molecule has 2 N–H and O–H groups in total. The standard InChI is InChI=1S/C36H54N2O2/c1-23(2)25-10-17-36(31(40)38-22-24-13-20-37-21-14-24)19-18-34(6)26(30(25)36)8-9-28-33(5)15-12-29(39)32(3,4)27(33)11-16-35(28,34)7/h13-14,20-21,25-30,39H,1,8-12,15-19,22H2,2-7H3,(H,38,40)/t25-,26+,27-,28+,29-,30+,33-,34+,35+,36-/m0/s1. The molecule has 0 aromatic carbocycles. The first-order valence-corrected chi connectivity index (χ1v) is 16.3. The van der Waals surface area contributed by atoms with Crippen molar-refractivity contribution in [1.29, 1.82) is 0 Å². The van der Waals surface area contributed by atoms with E-state index in [1.165, 1.54) is 31.3 Å². The van der Waals surface area contributed by atoms with Crippen LogP contribution >= 0.6 is 0 Å². The van der Waals surface area contributed by atoms with Crippen LogP contribution in [-0.2, 0) is 11.3 Å². The van der Waals surface area contributed by atoms with Crippen molar-refractivity contribution in [3.63, 3.8) is 0 Å². The molecule has 5 aliphatic rings. The molecular weight excluding hydrogens is 492 g/mol. The minimum atomic E-state index is -0.276. The van der Waals surface area contributed by atoms with Gasteiger partial charge in [0.25, 0.3) is 0 Å². The summed E-state index contributed by atoms with van der Waals surface area (Å²) in [5.74, 6) is 2.93. The number of aromatic nitrogens is 1. The van der Waals surface area contributed by atoms with E-state index in [0.29, 0.717) is 36.1 Å². The molecule has 4 heteroatoms. The highest BCUT2D eigenvalue weighted by Gasteiger charge is 2.71. The van der Waals surface area contributed by atoms with Crippen LogP contribution in [0.5, 0.6) is 0 Å². The van der Waals surface area contributed by atoms with Crippen molar-refractivity contribution >= 4 is 5.91 Å². The third kappa shape index (κ3) is 3.72. The zero-order chi connectivity index (χ0) is 28.7. The number of nitrogens with zero attached hydrogens (tertiary/aromatic N) is 1. The van der Waals surface area contributed by atoms with Gasteiger partial charge in [0.1, 0.15) is 0 Å². The Balaban J connectivity index is 1.34. The lowest BCUT2D eigenvalue weighted by Gasteiger charge is -2.72. The maximum Gasteiger partial charge on any atom is 0.226 e. The molecule has 0 spiro atoms. The van der Waals surface area contributed by atoms with Gasteiger partial charge in [0.15, 0.2) is 0 Å². The zero-order valence-corrected chi connectivity index (χ0v) is 26.1. The number of aliphatic hydroxyl groups excluding tert-OH is 1. The van der Waals surface area contributed by atoms with Gasteiger partial charge in [-0.2, -0.15) is 0 Å². The van der Waals surface area contributed by atoms with Crippen molar-refractivity contribution < 1.29 is 9.90 Å². The van der Waals surface area contributed by atoms with Crippen LogP contribution in [0.15, 0.2) is 36.7 Å². The van der Waals surface area contributed by atoms with Gasteiger partial charge < -0.3 is 10.4 Å². The Hall–Kier alpha value is -1.68. The van der Waals surface area contributed by atoms with E-state index in [4.69, 9.17) is 0 Å². The first kappa shape index (κ1) is 28.4. The Labute approximate surface area is 243 Å². The normalized spacial score (nSPS) is 47.3. The molecule has 40 heavy (non-hydrogen) atoms. The number of hydrogen-bond acceptors (Lipinski definition) is 3. The number of rotatable bonds is 4. The number of pyridine rings is 1. The maximum absolute atomic E-state index is 14.2. The summed E-state index contributed by atoms with van der Waals surface area (Å²) in [7, 11) is 0. The van der Waals surface area contributed by atoms with Gasteiger partial charge in [0.2, 0.25) is 5.91 Å². The monoisotopic (exact) mass is 546 g/mol. The lowest BCUT2D eigenvalue weighted by atomic mass is 9.32. The predicted molar refractivity (Wildman–Crippen MR) is 161 cm³/mol. The first-order chi connectivity index (χ1) is 18.8. The topological polar surface area (TPSA) is 62.2 Å². The number of allylic oxidation sites excluding steroid dienone is 1. The summed E-state index contributed by atoms with van der Waals surface area (Å²) < 4.78 is 0. The van der Waals surface area contributed by atoms with Gasteiger partial charge in [0.05, 0.1) is 11.5 Å². The molecule has 6 rings (SSSR count). The zero-order valence-electron chi connectivity index (χ0n) is 26.1. The number of hydrogen-bond donors (Lipinski definition) is 2. The minimum Gasteiger partial charge on any atom is -0.393 e. The van der Waals surface area contributed by atoms with E-state index in [1.807, 2.05) is 24.5 Å². The average Bonchev–Trinajstić information content (AvgIpc) is 3.32. The van der Waals surface area contributed by atoms with E-state index >= 15 is 0 Å². The van der Waals surface area contributed by atoms with Crippen LogP contribution in [0.2, 0.25) is 0 Å². The van der Waals surface area contributed by atoms with Gasteiger partial charge in [-0.05, 0) is 140 Å². The van der Waals surface area contributed by atoms with E-state index in [1.54, 1.807) is 0 Å². The van der Waals surface area contributed by atoms with Crippen LogP contribution < -0.4 is 5.32 Å². The Morgan fingerprint density at radius 1 is 0.925 bits per heavy atom. The molecule has 5 fully saturated rings. The summed E-state index contributed by atoms with van der Waals surface area (Å²) in [5, 5.41) is 14.4. The highest BCUT2D eigenvalue weighted by molar-refractivity contribution is 5.84. The number of carbonyl (C=O) groups excluding carboxylic acids is 1. The second-order valence-corrected chi connectivity index (χ2v) is 16.3. The van der Waals surface area contributed by atoms with Crippen LogP contribution in [0.25, 0.3) is 0 Å². The van der Waals surface area contributed by atoms with E-state index in [9.17, 15) is 9.90 Å². The molecule has 1 aromatic rings. The van der Waals surface area contributed by atoms with Crippen molar-refractivity contribution in [2.45, 2.75) is 118 Å². The second-order valence-electron chi connectivity index (χ2n) is 16.3. The Morgan fingerprint density at radius 2 is 1.65 bits per heavy atom. The fourth-order valence-electron chi connectivity index (χ4n) is 12.4. The van der Waals surface area contributed by atoms with Gasteiger partial charge in [-0.1, -0.05) is 46.8 Å². The van der Waals surface area contributed by atoms with Crippen molar-refractivity contribution in [1.82, 2.24) is 10.3 Å². The SMILES string of the molecule is C=C(C)[C@@H]1CC[C@]2(C(=O)NCc3ccncc3)CC[C@]3(C)[C@H](CC[C@@H]4[C@@]5(C)CC[C@H](O)C(C)(C)[C@@H]5CC[C@]43C)[C@@H]12. The Morgan fingerprint density at radius 3 is 2.35 bits per heavy atom. The van der Waals surface area contributed by atoms with Crippen molar-refractivity contribution in [2.75, 3.05) is 0 Å². The molecule has 0 bridgehead atoms. The van der Waals surface area contributed by atoms with E-state index in [2.05, 4.69) is 58.4 Å². The highest BCUT2D eigenvalue weighted by Crippen LogP contribution is 2.77. The minimum absolute atomic E-state index is 0.0167. The Kier molecular flexibility index (Phi) is 6.69. The molecule has 0 unspecified atom stereocenters. The molecule has 220 valence electrons. The van der Waals surface area contributed by atoms with E-state index in [-0.39, 0.29) is 39.1 Å². The molecule has 10 atom stereocenters. The summed E-state index contributed by atoms with van der Waals surface area (Å²) in [6.45, 7) is 19.9. The summed E-state index contributed by atoms with van der Waals surface area (Å²) in [6.07, 6.45) is 14.8. The molecule has 5 saturated carbocycles. The maximum atomic E-state index is 14.2. The second kappa shape index (κ2) is 9.41. The Bertz CT molecular complexity index is 1160. The lowest BCUT2D eigenvalue weighted by Crippen LogP contribution is -2.67. The van der Waals surface area contributed by atoms with E-state index in [0.717, 1.165) is 44.1 Å². The lowest BCUT2D eigenvalue weighted by molar-refractivity contribution is -0.246. The number of aliphatic hydroxyl groups is 1. The first-order valence-electron chi connectivity index (χ1n) is 16.3.